The standard InChI is InChI=1S/C19H19N5O2/c20-11-12-4-3-5-14(10-12)22-19(26)17-23-16(18(25)21-13-7-8-13)15-6-1-2-9-24(15)17/h3-5,10,13H,1-2,6-9H2,(H,21,25)(H,22,26). The Kier molecular flexibility index (Phi) is 4.17. The summed E-state index contributed by atoms with van der Waals surface area (Å²) in [6.07, 6.45) is 4.70. The van der Waals surface area contributed by atoms with E-state index in [1.165, 1.54) is 0 Å². The molecule has 4 rings (SSSR count). The normalized spacial score (nSPS) is 15.7. The summed E-state index contributed by atoms with van der Waals surface area (Å²) in [5, 5.41) is 14.7. The molecule has 0 bridgehead atoms. The fourth-order valence-corrected chi connectivity index (χ4v) is 3.23. The van der Waals surface area contributed by atoms with Crippen LogP contribution in [-0.2, 0) is 13.0 Å². The van der Waals surface area contributed by atoms with Crippen molar-refractivity contribution in [3.8, 4) is 6.07 Å². The summed E-state index contributed by atoms with van der Waals surface area (Å²) in [5.41, 5.74) is 2.21. The number of nitrogens with one attached hydrogen (secondary N) is 2. The van der Waals surface area contributed by atoms with Crippen LogP contribution in [0.4, 0.5) is 5.69 Å². The van der Waals surface area contributed by atoms with Gasteiger partial charge in [-0.2, -0.15) is 5.26 Å². The Labute approximate surface area is 151 Å². The van der Waals surface area contributed by atoms with Gasteiger partial charge in [-0.3, -0.25) is 9.59 Å². The molecule has 2 aromatic rings. The highest BCUT2D eigenvalue weighted by molar-refractivity contribution is 6.03. The first-order chi connectivity index (χ1) is 12.7. The molecule has 2 amide bonds. The van der Waals surface area contributed by atoms with Crippen LogP contribution in [0.1, 0.15) is 58.0 Å². The number of amides is 2. The quantitative estimate of drug-likeness (QED) is 0.884. The van der Waals surface area contributed by atoms with Crippen molar-refractivity contribution in [2.24, 2.45) is 0 Å². The second-order valence-corrected chi connectivity index (χ2v) is 6.73. The summed E-state index contributed by atoms with van der Waals surface area (Å²) in [4.78, 5) is 29.6. The third-order valence-corrected chi connectivity index (χ3v) is 4.70. The molecule has 0 atom stereocenters. The third kappa shape index (κ3) is 3.18. The lowest BCUT2D eigenvalue weighted by molar-refractivity contribution is 0.0945. The van der Waals surface area contributed by atoms with Gasteiger partial charge in [-0.25, -0.2) is 4.98 Å². The Hall–Kier alpha value is -3.14. The molecule has 7 nitrogen and oxygen atoms in total. The monoisotopic (exact) mass is 349 g/mol. The zero-order valence-electron chi connectivity index (χ0n) is 14.3. The van der Waals surface area contributed by atoms with Gasteiger partial charge in [-0.15, -0.1) is 0 Å². The minimum Gasteiger partial charge on any atom is -0.348 e. The van der Waals surface area contributed by atoms with Crippen LogP contribution in [0.3, 0.4) is 0 Å². The van der Waals surface area contributed by atoms with E-state index in [1.54, 1.807) is 24.3 Å². The summed E-state index contributed by atoms with van der Waals surface area (Å²) < 4.78 is 1.86. The number of anilines is 1. The van der Waals surface area contributed by atoms with Gasteiger partial charge < -0.3 is 15.2 Å². The van der Waals surface area contributed by atoms with Crippen LogP contribution in [0, 0.1) is 11.3 Å². The van der Waals surface area contributed by atoms with Crippen molar-refractivity contribution in [1.29, 1.82) is 5.26 Å². The number of aromatic nitrogens is 2. The van der Waals surface area contributed by atoms with Crippen molar-refractivity contribution in [3.63, 3.8) is 0 Å². The molecule has 1 aliphatic heterocycles. The van der Waals surface area contributed by atoms with Gasteiger partial charge in [-0.05, 0) is 50.3 Å². The average Bonchev–Trinajstić information content (AvgIpc) is 3.38. The van der Waals surface area contributed by atoms with Crippen molar-refractivity contribution >= 4 is 17.5 Å². The highest BCUT2D eigenvalue weighted by Crippen LogP contribution is 2.24. The van der Waals surface area contributed by atoms with Crippen molar-refractivity contribution in [2.75, 3.05) is 5.32 Å². The van der Waals surface area contributed by atoms with E-state index < -0.39 is 0 Å². The largest absolute Gasteiger partial charge is 0.348 e. The lowest BCUT2D eigenvalue weighted by Gasteiger charge is -2.17. The molecule has 0 saturated heterocycles. The Morgan fingerprint density at radius 3 is 2.85 bits per heavy atom. The van der Waals surface area contributed by atoms with Gasteiger partial charge in [0.1, 0.15) is 5.69 Å². The Bertz CT molecular complexity index is 920. The predicted molar refractivity (Wildman–Crippen MR) is 94.8 cm³/mol. The highest BCUT2D eigenvalue weighted by Gasteiger charge is 2.30. The van der Waals surface area contributed by atoms with Gasteiger partial charge in [0, 0.05) is 18.3 Å². The smallest absolute Gasteiger partial charge is 0.291 e. The molecule has 1 aromatic heterocycles. The molecule has 1 aliphatic carbocycles. The van der Waals surface area contributed by atoms with E-state index in [0.29, 0.717) is 23.5 Å². The summed E-state index contributed by atoms with van der Waals surface area (Å²) >= 11 is 0. The maximum Gasteiger partial charge on any atom is 0.291 e. The van der Waals surface area contributed by atoms with Gasteiger partial charge in [-0.1, -0.05) is 6.07 Å². The number of benzene rings is 1. The molecule has 2 N–H and O–H groups in total. The van der Waals surface area contributed by atoms with Crippen LogP contribution in [-0.4, -0.2) is 27.4 Å². The van der Waals surface area contributed by atoms with Crippen molar-refractivity contribution in [1.82, 2.24) is 14.9 Å². The molecule has 0 spiro atoms. The molecule has 1 saturated carbocycles. The molecule has 2 aliphatic rings. The number of imidazole rings is 1. The summed E-state index contributed by atoms with van der Waals surface area (Å²) in [7, 11) is 0. The molecule has 132 valence electrons. The topological polar surface area (TPSA) is 99.8 Å². The maximum atomic E-state index is 12.7. The molecule has 1 fully saturated rings. The Morgan fingerprint density at radius 2 is 2.08 bits per heavy atom. The highest BCUT2D eigenvalue weighted by atomic mass is 16.2. The first kappa shape index (κ1) is 16.3. The lowest BCUT2D eigenvalue weighted by atomic mass is 10.1. The summed E-state index contributed by atoms with van der Waals surface area (Å²) in [6.45, 7) is 0.681. The van der Waals surface area contributed by atoms with Crippen molar-refractivity contribution < 1.29 is 9.59 Å². The van der Waals surface area contributed by atoms with Gasteiger partial charge in [0.05, 0.1) is 17.3 Å². The third-order valence-electron chi connectivity index (χ3n) is 4.70. The fraction of sp³-hybridized carbons (Fsp3) is 0.368. The van der Waals surface area contributed by atoms with E-state index in [1.807, 2.05) is 10.6 Å². The minimum atomic E-state index is -0.367. The molecule has 7 heteroatoms. The number of carbonyl (C=O) groups is 2. The van der Waals surface area contributed by atoms with Crippen LogP contribution in [0.15, 0.2) is 24.3 Å². The number of rotatable bonds is 4. The number of nitrogens with zero attached hydrogens (tertiary/aromatic N) is 3. The second kappa shape index (κ2) is 6.64. The molecule has 1 aromatic carbocycles. The van der Waals surface area contributed by atoms with E-state index in [9.17, 15) is 9.59 Å². The van der Waals surface area contributed by atoms with E-state index in [-0.39, 0.29) is 23.7 Å². The zero-order chi connectivity index (χ0) is 18.1. The number of carbonyl (C=O) groups excluding carboxylic acids is 2. The van der Waals surface area contributed by atoms with Gasteiger partial charge in [0.15, 0.2) is 5.82 Å². The molecular weight excluding hydrogens is 330 g/mol. The molecule has 2 heterocycles. The molecule has 0 unspecified atom stereocenters. The van der Waals surface area contributed by atoms with Gasteiger partial charge >= 0.3 is 0 Å². The van der Waals surface area contributed by atoms with Gasteiger partial charge in [0.25, 0.3) is 11.8 Å². The second-order valence-electron chi connectivity index (χ2n) is 6.73. The molecule has 26 heavy (non-hydrogen) atoms. The average molecular weight is 349 g/mol. The van der Waals surface area contributed by atoms with E-state index in [2.05, 4.69) is 15.6 Å². The van der Waals surface area contributed by atoms with Crippen LogP contribution >= 0.6 is 0 Å². The lowest BCUT2D eigenvalue weighted by Crippen LogP contribution is -2.27. The Balaban J connectivity index is 1.62. The number of fused-ring (bicyclic) bond motifs is 1. The van der Waals surface area contributed by atoms with Crippen molar-refractivity contribution in [3.05, 3.63) is 47.0 Å². The number of hydrogen-bond donors (Lipinski definition) is 2. The first-order valence-corrected chi connectivity index (χ1v) is 8.87. The van der Waals surface area contributed by atoms with E-state index in [0.717, 1.165) is 37.8 Å². The molecule has 0 radical (unpaired) electrons. The summed E-state index contributed by atoms with van der Waals surface area (Å²) in [5.74, 6) is -0.305. The van der Waals surface area contributed by atoms with Gasteiger partial charge in [0.2, 0.25) is 0 Å². The SMILES string of the molecule is N#Cc1cccc(NC(=O)c2nc(C(=O)NC3CC3)c3n2CCCC3)c1. The van der Waals surface area contributed by atoms with Crippen LogP contribution < -0.4 is 10.6 Å². The number of hydrogen-bond acceptors (Lipinski definition) is 4. The molecular formula is C19H19N5O2. The zero-order valence-corrected chi connectivity index (χ0v) is 14.3. The minimum absolute atomic E-state index is 0.191. The number of nitriles is 1. The van der Waals surface area contributed by atoms with E-state index >= 15 is 0 Å². The maximum absolute atomic E-state index is 12.7. The van der Waals surface area contributed by atoms with Crippen LogP contribution in [0.25, 0.3) is 0 Å². The first-order valence-electron chi connectivity index (χ1n) is 8.87. The predicted octanol–water partition coefficient (Wildman–Crippen LogP) is 2.24. The van der Waals surface area contributed by atoms with Crippen molar-refractivity contribution in [2.45, 2.75) is 44.7 Å². The van der Waals surface area contributed by atoms with Crippen LogP contribution in [0.5, 0.6) is 0 Å². The van der Waals surface area contributed by atoms with E-state index in [4.69, 9.17) is 5.26 Å². The summed E-state index contributed by atoms with van der Waals surface area (Å²) in [6, 6.07) is 9.01. The van der Waals surface area contributed by atoms with Crippen LogP contribution in [0.2, 0.25) is 0 Å². The Morgan fingerprint density at radius 1 is 1.23 bits per heavy atom. The fourth-order valence-electron chi connectivity index (χ4n) is 3.23.